The largest absolute Gasteiger partial charge is 0.497 e. The highest BCUT2D eigenvalue weighted by molar-refractivity contribution is 7.80. The number of thiocarbonyl (C=S) groups is 1. The Kier molecular flexibility index (Phi) is 6.41. The Morgan fingerprint density at radius 1 is 0.917 bits per heavy atom. The molecule has 1 fully saturated rings. The van der Waals surface area contributed by atoms with Crippen molar-refractivity contribution in [2.24, 2.45) is 0 Å². The van der Waals surface area contributed by atoms with Gasteiger partial charge in [0.2, 0.25) is 0 Å². The van der Waals surface area contributed by atoms with E-state index >= 15 is 0 Å². The van der Waals surface area contributed by atoms with Gasteiger partial charge in [-0.25, -0.2) is 0 Å². The van der Waals surface area contributed by atoms with E-state index in [2.05, 4.69) is 65.9 Å². The summed E-state index contributed by atoms with van der Waals surface area (Å²) in [5, 5.41) is 4.16. The molecule has 1 saturated heterocycles. The maximum Gasteiger partial charge on any atom is 0.174 e. The molecule has 2 aromatic carbocycles. The van der Waals surface area contributed by atoms with Gasteiger partial charge in [-0.3, -0.25) is 4.98 Å². The molecule has 36 heavy (non-hydrogen) atoms. The molecule has 0 spiro atoms. The molecule has 6 nitrogen and oxygen atoms in total. The molecule has 4 aromatic rings. The number of rotatable bonds is 6. The molecule has 0 bridgehead atoms. The zero-order valence-electron chi connectivity index (χ0n) is 21.1. The Morgan fingerprint density at radius 3 is 2.36 bits per heavy atom. The number of ether oxygens (including phenoxy) is 2. The summed E-state index contributed by atoms with van der Waals surface area (Å²) in [6.45, 7) is 6.41. The summed E-state index contributed by atoms with van der Waals surface area (Å²) in [6, 6.07) is 22.3. The average Bonchev–Trinajstić information content (AvgIpc) is 3.39. The number of benzene rings is 2. The van der Waals surface area contributed by atoms with E-state index in [4.69, 9.17) is 26.7 Å². The summed E-state index contributed by atoms with van der Waals surface area (Å²) in [4.78, 5) is 6.83. The predicted molar refractivity (Wildman–Crippen MR) is 147 cm³/mol. The van der Waals surface area contributed by atoms with Gasteiger partial charge >= 0.3 is 0 Å². The van der Waals surface area contributed by atoms with E-state index in [-0.39, 0.29) is 12.1 Å². The molecule has 7 heteroatoms. The number of aromatic nitrogens is 2. The van der Waals surface area contributed by atoms with E-state index in [1.165, 1.54) is 11.1 Å². The first kappa shape index (κ1) is 23.9. The van der Waals surface area contributed by atoms with Crippen LogP contribution in [0.25, 0.3) is 5.69 Å². The summed E-state index contributed by atoms with van der Waals surface area (Å²) >= 11 is 5.94. The van der Waals surface area contributed by atoms with Gasteiger partial charge in [0.25, 0.3) is 0 Å². The number of nitrogens with zero attached hydrogens (tertiary/aromatic N) is 3. The van der Waals surface area contributed by atoms with Gasteiger partial charge in [0, 0.05) is 29.3 Å². The smallest absolute Gasteiger partial charge is 0.174 e. The van der Waals surface area contributed by atoms with Crippen LogP contribution in [-0.4, -0.2) is 28.9 Å². The quantitative estimate of drug-likeness (QED) is 0.330. The minimum atomic E-state index is -0.154. The fraction of sp³-hybridized carbons (Fsp3) is 0.241. The average molecular weight is 499 g/mol. The zero-order valence-corrected chi connectivity index (χ0v) is 22.0. The van der Waals surface area contributed by atoms with Gasteiger partial charge in [-0.15, -0.1) is 0 Å². The lowest BCUT2D eigenvalue weighted by Gasteiger charge is -2.29. The molecule has 0 unspecified atom stereocenters. The van der Waals surface area contributed by atoms with Crippen LogP contribution in [0.15, 0.2) is 72.9 Å². The van der Waals surface area contributed by atoms with Crippen molar-refractivity contribution in [2.75, 3.05) is 19.1 Å². The van der Waals surface area contributed by atoms with Crippen LogP contribution >= 0.6 is 12.2 Å². The van der Waals surface area contributed by atoms with Crippen molar-refractivity contribution in [3.05, 3.63) is 101 Å². The SMILES string of the molecule is COc1ccc(OC)c(N2C(=S)N[C@@H](c3ccccn3)[C@H]2c2cc(C)n(-c3ccc(C)cc3)c2C)c1. The maximum absolute atomic E-state index is 5.94. The highest BCUT2D eigenvalue weighted by Crippen LogP contribution is 2.47. The molecule has 0 saturated carbocycles. The first-order valence-electron chi connectivity index (χ1n) is 11.9. The lowest BCUT2D eigenvalue weighted by atomic mass is 9.96. The summed E-state index contributed by atoms with van der Waals surface area (Å²) in [6.07, 6.45) is 1.82. The van der Waals surface area contributed by atoms with Crippen molar-refractivity contribution >= 4 is 23.0 Å². The van der Waals surface area contributed by atoms with E-state index < -0.39 is 0 Å². The van der Waals surface area contributed by atoms with Crippen molar-refractivity contribution in [1.29, 1.82) is 0 Å². The highest BCUT2D eigenvalue weighted by atomic mass is 32.1. The number of aryl methyl sites for hydroxylation is 2. The van der Waals surface area contributed by atoms with Crippen molar-refractivity contribution in [3.63, 3.8) is 0 Å². The van der Waals surface area contributed by atoms with E-state index in [1.54, 1.807) is 14.2 Å². The summed E-state index contributed by atoms with van der Waals surface area (Å²) in [7, 11) is 3.34. The van der Waals surface area contributed by atoms with Gasteiger partial charge in [0.05, 0.1) is 37.7 Å². The molecule has 184 valence electrons. The molecule has 1 aliphatic rings. The van der Waals surface area contributed by atoms with Crippen LogP contribution in [0, 0.1) is 20.8 Å². The maximum atomic E-state index is 5.94. The van der Waals surface area contributed by atoms with Crippen LogP contribution in [-0.2, 0) is 0 Å². The third kappa shape index (κ3) is 4.09. The first-order valence-corrected chi connectivity index (χ1v) is 12.3. The van der Waals surface area contributed by atoms with Crippen LogP contribution < -0.4 is 19.7 Å². The van der Waals surface area contributed by atoms with E-state index in [0.717, 1.165) is 40.0 Å². The van der Waals surface area contributed by atoms with Gasteiger partial charge in [-0.05, 0) is 81.0 Å². The number of pyridine rings is 1. The van der Waals surface area contributed by atoms with Crippen molar-refractivity contribution in [3.8, 4) is 17.2 Å². The Morgan fingerprint density at radius 2 is 1.69 bits per heavy atom. The van der Waals surface area contributed by atoms with Crippen LogP contribution in [0.3, 0.4) is 0 Å². The zero-order chi connectivity index (χ0) is 25.4. The molecule has 0 amide bonds. The second-order valence-corrected chi connectivity index (χ2v) is 9.42. The van der Waals surface area contributed by atoms with E-state index in [1.807, 2.05) is 42.6 Å². The summed E-state index contributed by atoms with van der Waals surface area (Å²) in [5.41, 5.74) is 7.61. The molecule has 2 aromatic heterocycles. The number of nitrogens with one attached hydrogen (secondary N) is 1. The standard InChI is InChI=1S/C29H30N4O2S/c1-18-9-11-21(12-10-18)32-19(2)16-23(20(32)3)28-27(24-8-6-7-15-30-24)31-29(36)33(28)25-17-22(34-4)13-14-26(25)35-5/h6-17,27-28H,1-5H3,(H,31,36)/t27-,28+/m0/s1. The number of methoxy groups -OCH3 is 2. The Balaban J connectivity index is 1.71. The van der Waals surface area contributed by atoms with E-state index in [0.29, 0.717) is 5.11 Å². The van der Waals surface area contributed by atoms with Gasteiger partial charge in [0.15, 0.2) is 5.11 Å². The Bertz CT molecular complexity index is 1400. The number of anilines is 1. The van der Waals surface area contributed by atoms with Crippen LogP contribution in [0.1, 0.15) is 40.3 Å². The normalized spacial score (nSPS) is 17.2. The predicted octanol–water partition coefficient (Wildman–Crippen LogP) is 5.99. The lowest BCUT2D eigenvalue weighted by molar-refractivity contribution is 0.403. The monoisotopic (exact) mass is 498 g/mol. The topological polar surface area (TPSA) is 51.6 Å². The lowest BCUT2D eigenvalue weighted by Crippen LogP contribution is -2.30. The molecular formula is C29H30N4O2S. The summed E-state index contributed by atoms with van der Waals surface area (Å²) in [5.74, 6) is 1.46. The number of hydrogen-bond acceptors (Lipinski definition) is 4. The second-order valence-electron chi connectivity index (χ2n) is 9.03. The fourth-order valence-corrected chi connectivity index (χ4v) is 5.43. The third-order valence-corrected chi connectivity index (χ3v) is 7.14. The molecule has 5 rings (SSSR count). The molecule has 1 N–H and O–H groups in total. The van der Waals surface area contributed by atoms with E-state index in [9.17, 15) is 0 Å². The first-order chi connectivity index (χ1) is 17.4. The van der Waals surface area contributed by atoms with Gasteiger partial charge < -0.3 is 24.3 Å². The molecule has 1 aliphatic heterocycles. The van der Waals surface area contributed by atoms with Crippen LogP contribution in [0.4, 0.5) is 5.69 Å². The van der Waals surface area contributed by atoms with Crippen LogP contribution in [0.2, 0.25) is 0 Å². The number of hydrogen-bond donors (Lipinski definition) is 1. The van der Waals surface area contributed by atoms with Gasteiger partial charge in [0.1, 0.15) is 11.5 Å². The molecular weight excluding hydrogens is 468 g/mol. The highest BCUT2D eigenvalue weighted by Gasteiger charge is 2.43. The van der Waals surface area contributed by atoms with Crippen molar-refractivity contribution in [1.82, 2.24) is 14.9 Å². The third-order valence-electron chi connectivity index (χ3n) is 6.82. The molecule has 3 heterocycles. The molecule has 2 atom stereocenters. The van der Waals surface area contributed by atoms with Crippen LogP contribution in [0.5, 0.6) is 11.5 Å². The molecule has 0 radical (unpaired) electrons. The molecule has 0 aliphatic carbocycles. The Hall–Kier alpha value is -3.84. The second kappa shape index (κ2) is 9.66. The van der Waals surface area contributed by atoms with Gasteiger partial charge in [-0.1, -0.05) is 23.8 Å². The van der Waals surface area contributed by atoms with Crippen molar-refractivity contribution in [2.45, 2.75) is 32.9 Å². The summed E-state index contributed by atoms with van der Waals surface area (Å²) < 4.78 is 13.6. The van der Waals surface area contributed by atoms with Crippen molar-refractivity contribution < 1.29 is 9.47 Å². The minimum absolute atomic E-state index is 0.151. The Labute approximate surface area is 217 Å². The fourth-order valence-electron chi connectivity index (χ4n) is 5.09. The minimum Gasteiger partial charge on any atom is -0.497 e. The van der Waals surface area contributed by atoms with Gasteiger partial charge in [-0.2, -0.15) is 0 Å².